The van der Waals surface area contributed by atoms with E-state index in [0.29, 0.717) is 13.1 Å². The highest BCUT2D eigenvalue weighted by atomic mass is 19.1. The van der Waals surface area contributed by atoms with Gasteiger partial charge in [0.2, 0.25) is 5.91 Å². The maximum Gasteiger partial charge on any atom is 0.236 e. The number of aliphatic hydroxyl groups is 1. The number of aliphatic hydroxyl groups excluding tert-OH is 1. The Morgan fingerprint density at radius 3 is 2.81 bits per heavy atom. The van der Waals surface area contributed by atoms with E-state index in [-0.39, 0.29) is 23.2 Å². The number of aryl methyl sites for hydroxylation is 1. The topological polar surface area (TPSA) is 47.0 Å². The molecule has 0 radical (unpaired) electrons. The van der Waals surface area contributed by atoms with Crippen LogP contribution in [0.4, 0.5) is 4.39 Å². The summed E-state index contributed by atoms with van der Waals surface area (Å²) in [5.74, 6) is -0.0677. The first-order valence-corrected chi connectivity index (χ1v) is 9.87. The van der Waals surface area contributed by atoms with Gasteiger partial charge in [-0.05, 0) is 63.5 Å². The van der Waals surface area contributed by atoms with Crippen LogP contribution in [0.2, 0.25) is 0 Å². The second-order valence-corrected chi connectivity index (χ2v) is 8.60. The molecule has 0 aliphatic carbocycles. The summed E-state index contributed by atoms with van der Waals surface area (Å²) in [5, 5.41) is 10.8. The highest BCUT2D eigenvalue weighted by Crippen LogP contribution is 2.39. The Hall–Kier alpha value is -1.50. The van der Waals surface area contributed by atoms with Crippen LogP contribution in [-0.2, 0) is 11.3 Å². The van der Waals surface area contributed by atoms with Gasteiger partial charge in [0.15, 0.2) is 0 Å². The molecule has 0 saturated carbocycles. The Bertz CT molecular complexity index is 681. The number of likely N-dealkylation sites (tertiary alicyclic amines) is 2. The average molecular weight is 378 g/mol. The number of amides is 1. The second kappa shape index (κ2) is 8.25. The number of hydrogen-bond donors (Lipinski definition) is 1. The van der Waals surface area contributed by atoms with Gasteiger partial charge in [0.05, 0.1) is 12.6 Å². The minimum atomic E-state index is -0.377. The molecule has 0 bridgehead atoms. The Kier molecular flexibility index (Phi) is 6.18. The fourth-order valence-corrected chi connectivity index (χ4v) is 4.60. The number of rotatable bonds is 4. The van der Waals surface area contributed by atoms with Gasteiger partial charge in [0, 0.05) is 38.1 Å². The molecule has 0 unspecified atom stereocenters. The fourth-order valence-electron chi connectivity index (χ4n) is 4.60. The Balaban J connectivity index is 1.71. The van der Waals surface area contributed by atoms with E-state index in [4.69, 9.17) is 0 Å². The molecule has 5 nitrogen and oxygen atoms in total. The second-order valence-electron chi connectivity index (χ2n) is 8.60. The zero-order chi connectivity index (χ0) is 19.6. The smallest absolute Gasteiger partial charge is 0.236 e. The molecule has 1 spiro atoms. The summed E-state index contributed by atoms with van der Waals surface area (Å²) < 4.78 is 13.4. The predicted octanol–water partition coefficient (Wildman–Crippen LogP) is 1.87. The third kappa shape index (κ3) is 4.68. The standard InChI is InChI=1S/C21H32FN3O2/c1-16-11-18(22)6-5-17(16)12-24-10-7-19(26)21(14-24)8-4-9-25(15-21)20(27)13-23(2)3/h5-6,11,19,26H,4,7-10,12-15H2,1-3H3/t19-,21-/m1/s1. The van der Waals surface area contributed by atoms with Gasteiger partial charge in [-0.25, -0.2) is 4.39 Å². The van der Waals surface area contributed by atoms with Gasteiger partial charge in [-0.2, -0.15) is 0 Å². The molecule has 1 aromatic carbocycles. The van der Waals surface area contributed by atoms with Crippen molar-refractivity contribution in [3.8, 4) is 0 Å². The van der Waals surface area contributed by atoms with Crippen LogP contribution in [-0.4, -0.2) is 78.6 Å². The molecule has 27 heavy (non-hydrogen) atoms. The lowest BCUT2D eigenvalue weighted by molar-refractivity contribution is -0.142. The van der Waals surface area contributed by atoms with Crippen molar-refractivity contribution in [2.24, 2.45) is 5.41 Å². The minimum absolute atomic E-state index is 0.137. The molecular formula is C21H32FN3O2. The van der Waals surface area contributed by atoms with Crippen molar-refractivity contribution >= 4 is 5.91 Å². The highest BCUT2D eigenvalue weighted by molar-refractivity contribution is 5.78. The maximum atomic E-state index is 13.4. The van der Waals surface area contributed by atoms with Crippen molar-refractivity contribution in [1.82, 2.24) is 14.7 Å². The molecule has 3 rings (SSSR count). The van der Waals surface area contributed by atoms with Crippen LogP contribution in [0.3, 0.4) is 0 Å². The van der Waals surface area contributed by atoms with Gasteiger partial charge in [0.25, 0.3) is 0 Å². The third-order valence-corrected chi connectivity index (χ3v) is 6.08. The van der Waals surface area contributed by atoms with Crippen LogP contribution >= 0.6 is 0 Å². The molecule has 0 aromatic heterocycles. The molecule has 2 aliphatic heterocycles. The summed E-state index contributed by atoms with van der Waals surface area (Å²) in [7, 11) is 3.81. The average Bonchev–Trinajstić information content (AvgIpc) is 2.60. The van der Waals surface area contributed by atoms with Crippen LogP contribution in [0.1, 0.15) is 30.4 Å². The monoisotopic (exact) mass is 377 g/mol. The fraction of sp³-hybridized carbons (Fsp3) is 0.667. The van der Waals surface area contributed by atoms with Gasteiger partial charge in [-0.1, -0.05) is 6.07 Å². The Morgan fingerprint density at radius 1 is 1.33 bits per heavy atom. The van der Waals surface area contributed by atoms with Crippen LogP contribution < -0.4 is 0 Å². The number of nitrogens with zero attached hydrogens (tertiary/aromatic N) is 3. The van der Waals surface area contributed by atoms with Crippen molar-refractivity contribution in [3.05, 3.63) is 35.1 Å². The number of carbonyl (C=O) groups is 1. The van der Waals surface area contributed by atoms with E-state index in [2.05, 4.69) is 4.90 Å². The molecule has 150 valence electrons. The molecule has 1 aromatic rings. The van der Waals surface area contributed by atoms with Crippen molar-refractivity contribution in [3.63, 3.8) is 0 Å². The zero-order valence-corrected chi connectivity index (χ0v) is 16.7. The molecule has 2 atom stereocenters. The molecular weight excluding hydrogens is 345 g/mol. The summed E-state index contributed by atoms with van der Waals surface area (Å²) >= 11 is 0. The lowest BCUT2D eigenvalue weighted by Gasteiger charge is -2.51. The van der Waals surface area contributed by atoms with E-state index in [1.54, 1.807) is 6.07 Å². The van der Waals surface area contributed by atoms with Crippen molar-refractivity contribution in [1.29, 1.82) is 0 Å². The number of halogens is 1. The molecule has 2 aliphatic rings. The van der Waals surface area contributed by atoms with Crippen LogP contribution in [0.5, 0.6) is 0 Å². The van der Waals surface area contributed by atoms with Crippen molar-refractivity contribution < 1.29 is 14.3 Å². The molecule has 2 fully saturated rings. The third-order valence-electron chi connectivity index (χ3n) is 6.08. The van der Waals surface area contributed by atoms with Gasteiger partial charge < -0.3 is 14.9 Å². The summed E-state index contributed by atoms with van der Waals surface area (Å²) in [6, 6.07) is 4.95. The summed E-state index contributed by atoms with van der Waals surface area (Å²) in [6.45, 7) is 6.10. The van der Waals surface area contributed by atoms with Crippen LogP contribution in [0.15, 0.2) is 18.2 Å². The lowest BCUT2D eigenvalue weighted by Crippen LogP contribution is -2.60. The first kappa shape index (κ1) is 20.2. The molecule has 2 heterocycles. The summed E-state index contributed by atoms with van der Waals surface area (Å²) in [6.07, 6.45) is 2.21. The quantitative estimate of drug-likeness (QED) is 0.870. The molecule has 1 amide bonds. The Labute approximate surface area is 161 Å². The zero-order valence-electron chi connectivity index (χ0n) is 16.7. The highest BCUT2D eigenvalue weighted by Gasteiger charge is 2.46. The summed E-state index contributed by atoms with van der Waals surface area (Å²) in [4.78, 5) is 18.7. The first-order valence-electron chi connectivity index (χ1n) is 9.87. The van der Waals surface area contributed by atoms with E-state index in [0.717, 1.165) is 56.6 Å². The first-order chi connectivity index (χ1) is 12.8. The van der Waals surface area contributed by atoms with E-state index in [1.807, 2.05) is 36.9 Å². The number of hydrogen-bond acceptors (Lipinski definition) is 4. The molecule has 2 saturated heterocycles. The number of likely N-dealkylation sites (N-methyl/N-ethyl adjacent to an activating group) is 1. The van der Waals surface area contributed by atoms with Crippen LogP contribution in [0, 0.1) is 18.2 Å². The number of carbonyl (C=O) groups excluding carboxylic acids is 1. The maximum absolute atomic E-state index is 13.4. The van der Waals surface area contributed by atoms with E-state index in [9.17, 15) is 14.3 Å². The van der Waals surface area contributed by atoms with Crippen molar-refractivity contribution in [2.45, 2.75) is 38.8 Å². The summed E-state index contributed by atoms with van der Waals surface area (Å²) in [5.41, 5.74) is 1.83. The largest absolute Gasteiger partial charge is 0.392 e. The molecule has 1 N–H and O–H groups in total. The normalized spacial score (nSPS) is 26.7. The lowest BCUT2D eigenvalue weighted by atomic mass is 9.71. The Morgan fingerprint density at radius 2 is 2.11 bits per heavy atom. The predicted molar refractivity (Wildman–Crippen MR) is 104 cm³/mol. The van der Waals surface area contributed by atoms with Crippen molar-refractivity contribution in [2.75, 3.05) is 46.8 Å². The number of benzene rings is 1. The van der Waals surface area contributed by atoms with Gasteiger partial charge in [0.1, 0.15) is 5.82 Å². The number of piperidine rings is 2. The van der Waals surface area contributed by atoms with E-state index >= 15 is 0 Å². The van der Waals surface area contributed by atoms with Crippen LogP contribution in [0.25, 0.3) is 0 Å². The molecule has 6 heteroatoms. The van der Waals surface area contributed by atoms with Gasteiger partial charge in [-0.3, -0.25) is 9.69 Å². The SMILES string of the molecule is Cc1cc(F)ccc1CN1CC[C@@H](O)[C@]2(CCCN(C(=O)CN(C)C)C2)C1. The van der Waals surface area contributed by atoms with Gasteiger partial charge >= 0.3 is 0 Å². The van der Waals surface area contributed by atoms with Gasteiger partial charge in [-0.15, -0.1) is 0 Å². The van der Waals surface area contributed by atoms with E-state index in [1.165, 1.54) is 6.07 Å². The van der Waals surface area contributed by atoms with E-state index < -0.39 is 0 Å². The minimum Gasteiger partial charge on any atom is -0.392 e.